The van der Waals surface area contributed by atoms with E-state index in [-0.39, 0.29) is 0 Å². The lowest BCUT2D eigenvalue weighted by atomic mass is 10.0. The molecule has 108 valence electrons. The third-order valence-electron chi connectivity index (χ3n) is 3.59. The van der Waals surface area contributed by atoms with E-state index < -0.39 is 0 Å². The summed E-state index contributed by atoms with van der Waals surface area (Å²) in [7, 11) is 3.65. The largest absolute Gasteiger partial charge is 0.382 e. The van der Waals surface area contributed by atoms with Crippen molar-refractivity contribution >= 4 is 0 Å². The van der Waals surface area contributed by atoms with Crippen LogP contribution in [0.5, 0.6) is 0 Å². The topological polar surface area (TPSA) is 69.4 Å². The van der Waals surface area contributed by atoms with E-state index in [0.29, 0.717) is 38.2 Å². The maximum Gasteiger partial charge on any atom is 0.231 e. The molecule has 2 unspecified atom stereocenters. The molecule has 1 N–H and O–H groups in total. The molecule has 2 rings (SSSR count). The Bertz CT molecular complexity index is 370. The van der Waals surface area contributed by atoms with Crippen LogP contribution in [-0.2, 0) is 15.9 Å². The SMILES string of the molecule is CNC1CCCC1c1nc(CCOCCOC)no1. The van der Waals surface area contributed by atoms with Gasteiger partial charge in [0, 0.05) is 19.6 Å². The first-order valence-electron chi connectivity index (χ1n) is 6.91. The van der Waals surface area contributed by atoms with E-state index in [1.165, 1.54) is 12.8 Å². The molecule has 0 aliphatic heterocycles. The molecule has 1 aliphatic rings. The minimum atomic E-state index is 0.362. The van der Waals surface area contributed by atoms with Gasteiger partial charge in [-0.2, -0.15) is 4.98 Å². The van der Waals surface area contributed by atoms with Crippen LogP contribution < -0.4 is 5.32 Å². The van der Waals surface area contributed by atoms with E-state index in [0.717, 1.165) is 18.1 Å². The van der Waals surface area contributed by atoms with Crippen LogP contribution in [0.25, 0.3) is 0 Å². The van der Waals surface area contributed by atoms with Gasteiger partial charge in [-0.15, -0.1) is 0 Å². The number of likely N-dealkylation sites (N-methyl/N-ethyl adjacent to an activating group) is 1. The van der Waals surface area contributed by atoms with Crippen LogP contribution in [0, 0.1) is 0 Å². The first kappa shape index (κ1) is 14.4. The maximum atomic E-state index is 5.40. The van der Waals surface area contributed by atoms with Crippen LogP contribution in [0.3, 0.4) is 0 Å². The Hall–Kier alpha value is -0.980. The van der Waals surface area contributed by atoms with E-state index in [4.69, 9.17) is 14.0 Å². The normalized spacial score (nSPS) is 23.1. The van der Waals surface area contributed by atoms with Gasteiger partial charge in [0.25, 0.3) is 0 Å². The van der Waals surface area contributed by atoms with Crippen molar-refractivity contribution in [2.45, 2.75) is 37.6 Å². The lowest BCUT2D eigenvalue weighted by Crippen LogP contribution is -2.27. The fourth-order valence-corrected chi connectivity index (χ4v) is 2.53. The Morgan fingerprint density at radius 1 is 1.32 bits per heavy atom. The van der Waals surface area contributed by atoms with Crippen LogP contribution in [0.1, 0.15) is 36.9 Å². The Morgan fingerprint density at radius 2 is 2.21 bits per heavy atom. The number of nitrogens with zero attached hydrogens (tertiary/aromatic N) is 2. The van der Waals surface area contributed by atoms with Gasteiger partial charge in [0.15, 0.2) is 5.82 Å². The highest BCUT2D eigenvalue weighted by atomic mass is 16.5. The Labute approximate surface area is 113 Å². The molecule has 6 nitrogen and oxygen atoms in total. The van der Waals surface area contributed by atoms with E-state index in [9.17, 15) is 0 Å². The van der Waals surface area contributed by atoms with Crippen LogP contribution in [0.15, 0.2) is 4.52 Å². The molecule has 6 heteroatoms. The van der Waals surface area contributed by atoms with E-state index in [1.807, 2.05) is 7.05 Å². The zero-order chi connectivity index (χ0) is 13.5. The smallest absolute Gasteiger partial charge is 0.231 e. The zero-order valence-corrected chi connectivity index (χ0v) is 11.7. The van der Waals surface area contributed by atoms with Crippen LogP contribution in [-0.4, -0.2) is 50.2 Å². The van der Waals surface area contributed by atoms with Crippen LogP contribution >= 0.6 is 0 Å². The minimum absolute atomic E-state index is 0.362. The highest BCUT2D eigenvalue weighted by molar-refractivity contribution is 5.02. The summed E-state index contributed by atoms with van der Waals surface area (Å²) in [4.78, 5) is 4.48. The lowest BCUT2D eigenvalue weighted by Gasteiger charge is -2.14. The molecular weight excluding hydrogens is 246 g/mol. The second-order valence-electron chi connectivity index (χ2n) is 4.84. The van der Waals surface area contributed by atoms with Gasteiger partial charge in [-0.1, -0.05) is 11.6 Å². The number of methoxy groups -OCH3 is 1. The zero-order valence-electron chi connectivity index (χ0n) is 11.7. The van der Waals surface area contributed by atoms with Gasteiger partial charge >= 0.3 is 0 Å². The molecule has 0 bridgehead atoms. The van der Waals surface area contributed by atoms with E-state index in [2.05, 4.69) is 15.5 Å². The molecule has 1 aromatic heterocycles. The van der Waals surface area contributed by atoms with Crippen molar-refractivity contribution in [1.82, 2.24) is 15.5 Å². The number of nitrogens with one attached hydrogen (secondary N) is 1. The third-order valence-corrected chi connectivity index (χ3v) is 3.59. The second kappa shape index (κ2) is 7.57. The number of aromatic nitrogens is 2. The van der Waals surface area contributed by atoms with Crippen molar-refractivity contribution in [3.05, 3.63) is 11.7 Å². The first-order valence-corrected chi connectivity index (χ1v) is 6.91. The van der Waals surface area contributed by atoms with Gasteiger partial charge in [0.05, 0.1) is 25.7 Å². The molecule has 0 radical (unpaired) electrons. The van der Waals surface area contributed by atoms with Crippen LogP contribution in [0.2, 0.25) is 0 Å². The summed E-state index contributed by atoms with van der Waals surface area (Å²) in [6, 6.07) is 0.464. The number of ether oxygens (including phenoxy) is 2. The lowest BCUT2D eigenvalue weighted by molar-refractivity contribution is 0.0714. The average molecular weight is 269 g/mol. The van der Waals surface area contributed by atoms with Crippen molar-refractivity contribution in [2.75, 3.05) is 34.0 Å². The average Bonchev–Trinajstić information content (AvgIpc) is 3.06. The molecule has 0 saturated heterocycles. The fraction of sp³-hybridized carbons (Fsp3) is 0.846. The molecule has 1 fully saturated rings. The Kier molecular flexibility index (Phi) is 5.75. The standard InChI is InChI=1S/C13H23N3O3/c1-14-11-5-3-4-10(11)13-15-12(16-19-13)6-7-18-9-8-17-2/h10-11,14H,3-9H2,1-2H3. The summed E-state index contributed by atoms with van der Waals surface area (Å²) >= 11 is 0. The molecule has 0 aromatic carbocycles. The Morgan fingerprint density at radius 3 is 3.00 bits per heavy atom. The summed E-state index contributed by atoms with van der Waals surface area (Å²) in [5, 5.41) is 7.34. The molecular formula is C13H23N3O3. The maximum absolute atomic E-state index is 5.40. The van der Waals surface area contributed by atoms with E-state index in [1.54, 1.807) is 7.11 Å². The quantitative estimate of drug-likeness (QED) is 0.713. The molecule has 0 amide bonds. The van der Waals surface area contributed by atoms with Gasteiger partial charge in [-0.25, -0.2) is 0 Å². The van der Waals surface area contributed by atoms with E-state index >= 15 is 0 Å². The summed E-state index contributed by atoms with van der Waals surface area (Å²) in [5.74, 6) is 1.86. The number of rotatable bonds is 8. The van der Waals surface area contributed by atoms with Crippen molar-refractivity contribution in [1.29, 1.82) is 0 Å². The molecule has 1 heterocycles. The Balaban J connectivity index is 1.78. The van der Waals surface area contributed by atoms with Crippen LogP contribution in [0.4, 0.5) is 0 Å². The predicted molar refractivity (Wildman–Crippen MR) is 70.1 cm³/mol. The van der Waals surface area contributed by atoms with Crippen molar-refractivity contribution in [2.24, 2.45) is 0 Å². The van der Waals surface area contributed by atoms with Gasteiger partial charge in [0.1, 0.15) is 0 Å². The van der Waals surface area contributed by atoms with Crippen molar-refractivity contribution < 1.29 is 14.0 Å². The minimum Gasteiger partial charge on any atom is -0.382 e. The van der Waals surface area contributed by atoms with Gasteiger partial charge < -0.3 is 19.3 Å². The molecule has 19 heavy (non-hydrogen) atoms. The highest BCUT2D eigenvalue weighted by Gasteiger charge is 2.31. The predicted octanol–water partition coefficient (Wildman–Crippen LogP) is 1.13. The monoisotopic (exact) mass is 269 g/mol. The molecule has 1 saturated carbocycles. The van der Waals surface area contributed by atoms with Crippen molar-refractivity contribution in [3.63, 3.8) is 0 Å². The van der Waals surface area contributed by atoms with Gasteiger partial charge in [0.2, 0.25) is 5.89 Å². The highest BCUT2D eigenvalue weighted by Crippen LogP contribution is 2.33. The summed E-state index contributed by atoms with van der Waals surface area (Å²) in [6.45, 7) is 1.82. The first-order chi connectivity index (χ1) is 9.35. The number of hydrogen-bond donors (Lipinski definition) is 1. The third kappa shape index (κ3) is 3.99. The van der Waals surface area contributed by atoms with Gasteiger partial charge in [-0.05, 0) is 19.9 Å². The summed E-state index contributed by atoms with van der Waals surface area (Å²) in [5.41, 5.74) is 0. The number of hydrogen-bond acceptors (Lipinski definition) is 6. The molecule has 2 atom stereocenters. The summed E-state index contributed by atoms with van der Waals surface area (Å²) in [6.07, 6.45) is 4.20. The molecule has 0 spiro atoms. The molecule has 1 aliphatic carbocycles. The molecule has 1 aromatic rings. The fourth-order valence-electron chi connectivity index (χ4n) is 2.53. The summed E-state index contributed by atoms with van der Waals surface area (Å²) < 4.78 is 15.7. The van der Waals surface area contributed by atoms with Gasteiger partial charge in [-0.3, -0.25) is 0 Å². The second-order valence-corrected chi connectivity index (χ2v) is 4.84. The van der Waals surface area contributed by atoms with Crippen molar-refractivity contribution in [3.8, 4) is 0 Å².